The van der Waals surface area contributed by atoms with Crippen LogP contribution in [0.25, 0.3) is 0 Å². The van der Waals surface area contributed by atoms with Gasteiger partial charge in [0.05, 0.1) is 13.2 Å². The maximum Gasteiger partial charge on any atom is 0.188 e. The van der Waals surface area contributed by atoms with Crippen molar-refractivity contribution in [2.45, 2.75) is 33.0 Å². The van der Waals surface area contributed by atoms with Crippen molar-refractivity contribution in [1.29, 1.82) is 0 Å². The summed E-state index contributed by atoms with van der Waals surface area (Å²) in [5, 5.41) is 0. The van der Waals surface area contributed by atoms with Crippen molar-refractivity contribution >= 4 is 0 Å². The van der Waals surface area contributed by atoms with E-state index in [1.54, 1.807) is 13.8 Å². The maximum atomic E-state index is 13.3. The van der Waals surface area contributed by atoms with Gasteiger partial charge in [-0.15, -0.1) is 0 Å². The van der Waals surface area contributed by atoms with Crippen molar-refractivity contribution in [2.75, 3.05) is 13.2 Å². The highest BCUT2D eigenvalue weighted by Crippen LogP contribution is 2.33. The van der Waals surface area contributed by atoms with Gasteiger partial charge < -0.3 is 9.47 Å². The summed E-state index contributed by atoms with van der Waals surface area (Å²) >= 11 is 0. The summed E-state index contributed by atoms with van der Waals surface area (Å²) < 4.78 is 62.0. The summed E-state index contributed by atoms with van der Waals surface area (Å²) in [6, 6.07) is 3.42. The minimum Gasteiger partial charge on any atom is -0.346 e. The zero-order valence-corrected chi connectivity index (χ0v) is 15.0. The first-order valence-electron chi connectivity index (χ1n) is 8.32. The van der Waals surface area contributed by atoms with E-state index in [2.05, 4.69) is 0 Å². The van der Waals surface area contributed by atoms with E-state index in [-0.39, 0.29) is 0 Å². The van der Waals surface area contributed by atoms with E-state index in [0.29, 0.717) is 36.7 Å². The van der Waals surface area contributed by atoms with Crippen molar-refractivity contribution in [3.63, 3.8) is 0 Å². The largest absolute Gasteiger partial charge is 0.346 e. The lowest BCUT2D eigenvalue weighted by Crippen LogP contribution is -2.42. The topological polar surface area (TPSA) is 18.5 Å². The van der Waals surface area contributed by atoms with Gasteiger partial charge >= 0.3 is 0 Å². The van der Waals surface area contributed by atoms with Gasteiger partial charge in [0.2, 0.25) is 0 Å². The number of allylic oxidation sites excluding steroid dienone is 5. The molecule has 142 valence electrons. The summed E-state index contributed by atoms with van der Waals surface area (Å²) in [6.07, 6.45) is 3.77. The van der Waals surface area contributed by atoms with E-state index < -0.39 is 29.1 Å². The number of rotatable bonds is 1. The van der Waals surface area contributed by atoms with E-state index >= 15 is 0 Å². The van der Waals surface area contributed by atoms with Crippen molar-refractivity contribution in [3.05, 3.63) is 70.9 Å². The van der Waals surface area contributed by atoms with Crippen LogP contribution in [0.3, 0.4) is 0 Å². The predicted octanol–water partition coefficient (Wildman–Crippen LogP) is 5.70. The first-order valence-corrected chi connectivity index (χ1v) is 8.32. The number of ether oxygens (including phenoxy) is 2. The number of halogens is 4. The van der Waals surface area contributed by atoms with Crippen LogP contribution in [-0.2, 0) is 9.47 Å². The molecule has 1 aliphatic carbocycles. The van der Waals surface area contributed by atoms with Crippen LogP contribution in [0, 0.1) is 24.5 Å². The van der Waals surface area contributed by atoms with Gasteiger partial charge in [-0.2, -0.15) is 0 Å². The van der Waals surface area contributed by atoms with Crippen LogP contribution in [-0.4, -0.2) is 19.0 Å². The molecule has 0 saturated carbocycles. The van der Waals surface area contributed by atoms with Crippen LogP contribution < -0.4 is 0 Å². The molecular formula is C20H22F4O2. The summed E-state index contributed by atoms with van der Waals surface area (Å²) in [7, 11) is 0. The molecule has 26 heavy (non-hydrogen) atoms. The molecule has 1 aromatic carbocycles. The Balaban J connectivity index is 0.000000228. The second-order valence-electron chi connectivity index (χ2n) is 6.61. The fourth-order valence-electron chi connectivity index (χ4n) is 2.55. The number of hydrogen-bond acceptors (Lipinski definition) is 2. The van der Waals surface area contributed by atoms with Gasteiger partial charge in [0.25, 0.3) is 0 Å². The molecule has 6 heteroatoms. The van der Waals surface area contributed by atoms with Gasteiger partial charge in [-0.05, 0) is 55.7 Å². The molecule has 2 aliphatic rings. The molecule has 0 bridgehead atoms. The number of hydrogen-bond donors (Lipinski definition) is 0. The van der Waals surface area contributed by atoms with E-state index in [9.17, 15) is 17.6 Å². The minimum atomic E-state index is -0.946. The highest BCUT2D eigenvalue weighted by atomic mass is 19.1. The molecule has 0 atom stereocenters. The Morgan fingerprint density at radius 3 is 2.04 bits per heavy atom. The van der Waals surface area contributed by atoms with Crippen molar-refractivity contribution < 1.29 is 27.0 Å². The smallest absolute Gasteiger partial charge is 0.188 e. The zero-order valence-electron chi connectivity index (χ0n) is 15.0. The van der Waals surface area contributed by atoms with Gasteiger partial charge in [-0.3, -0.25) is 0 Å². The molecule has 0 N–H and O–H groups in total. The Morgan fingerprint density at radius 2 is 1.50 bits per heavy atom. The zero-order chi connectivity index (χ0) is 19.3. The fraction of sp³-hybridized carbons (Fsp3) is 0.400. The minimum absolute atomic E-state index is 0.292. The summed E-state index contributed by atoms with van der Waals surface area (Å²) in [6.45, 7) is 6.53. The second-order valence-corrected chi connectivity index (χ2v) is 6.61. The van der Waals surface area contributed by atoms with Crippen LogP contribution in [0.15, 0.2) is 53.7 Å². The van der Waals surface area contributed by atoms with Crippen LogP contribution in [0.4, 0.5) is 17.6 Å². The molecular weight excluding hydrogens is 348 g/mol. The lowest BCUT2D eigenvalue weighted by molar-refractivity contribution is -0.248. The van der Waals surface area contributed by atoms with E-state index in [4.69, 9.17) is 9.47 Å². The second kappa shape index (κ2) is 8.64. The van der Waals surface area contributed by atoms with Crippen LogP contribution in [0.2, 0.25) is 0 Å². The molecule has 1 aliphatic heterocycles. The number of benzene rings is 1. The van der Waals surface area contributed by atoms with Gasteiger partial charge in [0.15, 0.2) is 5.79 Å². The quantitative estimate of drug-likeness (QED) is 0.591. The lowest BCUT2D eigenvalue weighted by atomic mass is 10.0. The summed E-state index contributed by atoms with van der Waals surface area (Å²) in [5.41, 5.74) is 1.21. The van der Waals surface area contributed by atoms with Crippen molar-refractivity contribution in [2.24, 2.45) is 5.92 Å². The molecule has 0 amide bonds. The highest BCUT2D eigenvalue weighted by molar-refractivity contribution is 5.33. The molecule has 0 spiro atoms. The average Bonchev–Trinajstić information content (AvgIpc) is 2.70. The number of aryl methyl sites for hydroxylation is 1. The predicted molar refractivity (Wildman–Crippen MR) is 91.7 cm³/mol. The average molecular weight is 370 g/mol. The molecule has 1 heterocycles. The summed E-state index contributed by atoms with van der Waals surface area (Å²) in [5.74, 6) is -2.85. The molecule has 1 aromatic rings. The first-order chi connectivity index (χ1) is 12.2. The van der Waals surface area contributed by atoms with Crippen molar-refractivity contribution in [1.82, 2.24) is 0 Å². The molecule has 1 saturated heterocycles. The third-order valence-corrected chi connectivity index (χ3v) is 3.98. The van der Waals surface area contributed by atoms with Gasteiger partial charge in [0.1, 0.15) is 23.3 Å². The Bertz CT molecular complexity index is 679. The molecule has 1 fully saturated rings. The Morgan fingerprint density at radius 1 is 0.923 bits per heavy atom. The van der Waals surface area contributed by atoms with Gasteiger partial charge in [-0.1, -0.05) is 6.92 Å². The summed E-state index contributed by atoms with van der Waals surface area (Å²) in [4.78, 5) is 0. The van der Waals surface area contributed by atoms with Crippen LogP contribution in [0.5, 0.6) is 0 Å². The molecule has 0 aromatic heterocycles. The Kier molecular flexibility index (Phi) is 6.78. The van der Waals surface area contributed by atoms with Crippen LogP contribution >= 0.6 is 0 Å². The third kappa shape index (κ3) is 5.81. The standard InChI is InChI=1S/C13H16F2O2.C7H6F2/c1-9-7-16-13(2,17-8-9)10-3-4-11(14)6-12(15)5-10;1-5-2-6(8)4-7(9)3-5/h4-6,9H,3,7-8H2,1-2H3;2-4H,1H3. The SMILES string of the molecule is CC1COC(C)(C2=CC(F)=CC(F)=CC2)OC1.Cc1cc(F)cc(F)c1. The lowest BCUT2D eigenvalue weighted by Gasteiger charge is -2.38. The molecule has 0 radical (unpaired) electrons. The molecule has 3 rings (SSSR count). The van der Waals surface area contributed by atoms with Crippen molar-refractivity contribution in [3.8, 4) is 0 Å². The molecule has 2 nitrogen and oxygen atoms in total. The van der Waals surface area contributed by atoms with Gasteiger partial charge in [0, 0.05) is 18.1 Å². The van der Waals surface area contributed by atoms with Crippen LogP contribution in [0.1, 0.15) is 25.8 Å². The maximum absolute atomic E-state index is 13.3. The fourth-order valence-corrected chi connectivity index (χ4v) is 2.55. The monoisotopic (exact) mass is 370 g/mol. The van der Waals surface area contributed by atoms with E-state index in [1.807, 2.05) is 6.92 Å². The van der Waals surface area contributed by atoms with E-state index in [1.165, 1.54) is 24.3 Å². The van der Waals surface area contributed by atoms with Gasteiger partial charge in [-0.25, -0.2) is 17.6 Å². The normalized spacial score (nSPS) is 26.0. The first kappa shape index (κ1) is 20.4. The highest BCUT2D eigenvalue weighted by Gasteiger charge is 2.35. The van der Waals surface area contributed by atoms with E-state index in [0.717, 1.165) is 12.1 Å². The Hall–Kier alpha value is -1.92. The third-order valence-electron chi connectivity index (χ3n) is 3.98. The Labute approximate surface area is 150 Å². The molecule has 0 unspecified atom stereocenters.